The molecule has 0 atom stereocenters. The molecule has 4 heteroatoms. The van der Waals surface area contributed by atoms with E-state index in [-0.39, 0.29) is 0 Å². The predicted octanol–water partition coefficient (Wildman–Crippen LogP) is 5.56. The summed E-state index contributed by atoms with van der Waals surface area (Å²) in [5, 5.41) is 10.2. The van der Waals surface area contributed by atoms with Gasteiger partial charge in [-0.25, -0.2) is 4.79 Å². The Labute approximate surface area is 149 Å². The molecule has 4 aromatic rings. The maximum Gasteiger partial charge on any atom is 0.335 e. The van der Waals surface area contributed by atoms with Gasteiger partial charge in [-0.1, -0.05) is 48.5 Å². The van der Waals surface area contributed by atoms with Crippen molar-refractivity contribution in [1.29, 1.82) is 0 Å². The molecule has 0 aliphatic heterocycles. The van der Waals surface area contributed by atoms with Crippen molar-refractivity contribution in [1.82, 2.24) is 3.97 Å². The Kier molecular flexibility index (Phi) is 4.04. The quantitative estimate of drug-likeness (QED) is 0.526. The van der Waals surface area contributed by atoms with E-state index in [2.05, 4.69) is 34.4 Å². The molecular weight excluding hydrogens is 330 g/mol. The van der Waals surface area contributed by atoms with Gasteiger partial charge in [-0.3, -0.25) is 3.97 Å². The van der Waals surface area contributed by atoms with E-state index in [1.807, 2.05) is 42.5 Å². The third-order valence-corrected chi connectivity index (χ3v) is 5.05. The topological polar surface area (TPSA) is 42.2 Å². The van der Waals surface area contributed by atoms with Crippen LogP contribution in [0.25, 0.3) is 22.0 Å². The molecular formula is C21H15NO2S. The Bertz CT molecular complexity index is 1040. The van der Waals surface area contributed by atoms with Crippen LogP contribution in [0.1, 0.15) is 10.4 Å². The van der Waals surface area contributed by atoms with Gasteiger partial charge in [0.2, 0.25) is 0 Å². The van der Waals surface area contributed by atoms with E-state index in [1.165, 1.54) is 16.5 Å². The van der Waals surface area contributed by atoms with Gasteiger partial charge in [0, 0.05) is 22.0 Å². The number of hydrogen-bond donors (Lipinski definition) is 1. The third-order valence-electron chi connectivity index (χ3n) is 4.07. The SMILES string of the molecule is O=C(O)c1ccc(Sn2cc(-c3ccccc3)c3ccccc32)cc1. The molecule has 1 N–H and O–H groups in total. The summed E-state index contributed by atoms with van der Waals surface area (Å²) >= 11 is 1.58. The summed E-state index contributed by atoms with van der Waals surface area (Å²) in [6, 6.07) is 25.6. The highest BCUT2D eigenvalue weighted by molar-refractivity contribution is 7.98. The van der Waals surface area contributed by atoms with E-state index in [1.54, 1.807) is 24.1 Å². The minimum Gasteiger partial charge on any atom is -0.478 e. The van der Waals surface area contributed by atoms with Gasteiger partial charge in [-0.05, 0) is 47.8 Å². The Balaban J connectivity index is 1.76. The normalized spacial score (nSPS) is 10.9. The maximum absolute atomic E-state index is 11.0. The zero-order valence-corrected chi connectivity index (χ0v) is 14.1. The number of carbonyl (C=O) groups is 1. The molecule has 25 heavy (non-hydrogen) atoms. The zero-order chi connectivity index (χ0) is 17.2. The molecule has 0 fully saturated rings. The van der Waals surface area contributed by atoms with Gasteiger partial charge < -0.3 is 5.11 Å². The first-order chi connectivity index (χ1) is 12.2. The molecule has 0 amide bonds. The minimum atomic E-state index is -0.908. The first-order valence-corrected chi connectivity index (χ1v) is 8.67. The van der Waals surface area contributed by atoms with Crippen LogP contribution in [0.15, 0.2) is 90.0 Å². The van der Waals surface area contributed by atoms with Gasteiger partial charge in [0.15, 0.2) is 0 Å². The molecule has 0 saturated heterocycles. The molecule has 0 bridgehead atoms. The summed E-state index contributed by atoms with van der Waals surface area (Å²) in [6.45, 7) is 0. The highest BCUT2D eigenvalue weighted by Gasteiger charge is 2.11. The molecule has 1 aromatic heterocycles. The summed E-state index contributed by atoms with van der Waals surface area (Å²) in [7, 11) is 0. The second-order valence-corrected chi connectivity index (χ2v) is 6.72. The van der Waals surface area contributed by atoms with Crippen LogP contribution in [-0.4, -0.2) is 15.0 Å². The number of carboxylic acids is 1. The number of para-hydroxylation sites is 1. The van der Waals surface area contributed by atoms with Crippen molar-refractivity contribution in [3.63, 3.8) is 0 Å². The van der Waals surface area contributed by atoms with Crippen LogP contribution >= 0.6 is 11.9 Å². The van der Waals surface area contributed by atoms with Crippen LogP contribution in [0, 0.1) is 0 Å². The van der Waals surface area contributed by atoms with E-state index >= 15 is 0 Å². The standard InChI is InChI=1S/C21H15NO2S/c23-21(24)16-10-12-17(13-11-16)25-22-14-19(15-6-2-1-3-7-15)18-8-4-5-9-20(18)22/h1-14H,(H,23,24). The van der Waals surface area contributed by atoms with Crippen molar-refractivity contribution >= 4 is 28.8 Å². The molecule has 0 aliphatic carbocycles. The zero-order valence-electron chi connectivity index (χ0n) is 13.3. The summed E-state index contributed by atoms with van der Waals surface area (Å²) in [5.74, 6) is -0.908. The average Bonchev–Trinajstić information content (AvgIpc) is 3.02. The average molecular weight is 345 g/mol. The minimum absolute atomic E-state index is 0.298. The van der Waals surface area contributed by atoms with Crippen LogP contribution in [0.2, 0.25) is 0 Å². The second-order valence-electron chi connectivity index (χ2n) is 5.67. The smallest absolute Gasteiger partial charge is 0.335 e. The molecule has 4 rings (SSSR count). The molecule has 3 aromatic carbocycles. The van der Waals surface area contributed by atoms with E-state index in [9.17, 15) is 4.79 Å². The lowest BCUT2D eigenvalue weighted by Crippen LogP contribution is -1.95. The van der Waals surface area contributed by atoms with E-state index < -0.39 is 5.97 Å². The molecule has 122 valence electrons. The fraction of sp³-hybridized carbons (Fsp3) is 0. The second kappa shape index (κ2) is 6.49. The monoisotopic (exact) mass is 345 g/mol. The molecule has 0 saturated carbocycles. The highest BCUT2D eigenvalue weighted by Crippen LogP contribution is 2.34. The van der Waals surface area contributed by atoms with Crippen molar-refractivity contribution < 1.29 is 9.90 Å². The van der Waals surface area contributed by atoms with Crippen molar-refractivity contribution in [2.45, 2.75) is 4.90 Å². The number of benzene rings is 3. The molecule has 3 nitrogen and oxygen atoms in total. The van der Waals surface area contributed by atoms with Crippen molar-refractivity contribution in [3.8, 4) is 11.1 Å². The molecule has 0 unspecified atom stereocenters. The third kappa shape index (κ3) is 3.04. The first-order valence-electron chi connectivity index (χ1n) is 7.89. The van der Waals surface area contributed by atoms with Gasteiger partial charge in [-0.2, -0.15) is 0 Å². The van der Waals surface area contributed by atoms with E-state index in [0.717, 1.165) is 10.4 Å². The number of rotatable bonds is 4. The fourth-order valence-electron chi connectivity index (χ4n) is 2.85. The largest absolute Gasteiger partial charge is 0.478 e. The Hall–Kier alpha value is -2.98. The van der Waals surface area contributed by atoms with E-state index in [0.29, 0.717) is 5.56 Å². The fourth-order valence-corrected chi connectivity index (χ4v) is 3.75. The van der Waals surface area contributed by atoms with Gasteiger partial charge in [0.25, 0.3) is 0 Å². The summed E-state index contributed by atoms with van der Waals surface area (Å²) in [6.07, 6.45) is 2.13. The Morgan fingerprint density at radius 2 is 1.52 bits per heavy atom. The lowest BCUT2D eigenvalue weighted by Gasteiger charge is -2.04. The number of carboxylic acid groups (broad SMARTS) is 1. The van der Waals surface area contributed by atoms with Crippen LogP contribution in [0.3, 0.4) is 0 Å². The molecule has 0 aliphatic rings. The molecule has 0 radical (unpaired) electrons. The van der Waals surface area contributed by atoms with Crippen LogP contribution < -0.4 is 0 Å². The maximum atomic E-state index is 11.0. The summed E-state index contributed by atoms with van der Waals surface area (Å²) in [5.41, 5.74) is 3.80. The number of aromatic carboxylic acids is 1. The van der Waals surface area contributed by atoms with Gasteiger partial charge in [0.05, 0.1) is 11.1 Å². The van der Waals surface area contributed by atoms with Crippen molar-refractivity contribution in [2.75, 3.05) is 0 Å². The number of aromatic nitrogens is 1. The molecule has 1 heterocycles. The summed E-state index contributed by atoms with van der Waals surface area (Å²) < 4.78 is 2.13. The van der Waals surface area contributed by atoms with Crippen LogP contribution in [0.5, 0.6) is 0 Å². The van der Waals surface area contributed by atoms with Gasteiger partial charge >= 0.3 is 5.97 Å². The lowest BCUT2D eigenvalue weighted by atomic mass is 10.1. The van der Waals surface area contributed by atoms with E-state index in [4.69, 9.17) is 5.11 Å². The van der Waals surface area contributed by atoms with Crippen molar-refractivity contribution in [2.24, 2.45) is 0 Å². The van der Waals surface area contributed by atoms with Gasteiger partial charge in [0.1, 0.15) is 0 Å². The lowest BCUT2D eigenvalue weighted by molar-refractivity contribution is 0.0697. The number of nitrogens with zero attached hydrogens (tertiary/aromatic N) is 1. The Morgan fingerprint density at radius 1 is 0.840 bits per heavy atom. The van der Waals surface area contributed by atoms with Crippen molar-refractivity contribution in [3.05, 3.63) is 90.6 Å². The first kappa shape index (κ1) is 15.5. The van der Waals surface area contributed by atoms with Crippen LogP contribution in [-0.2, 0) is 0 Å². The molecule has 0 spiro atoms. The number of fused-ring (bicyclic) bond motifs is 1. The number of hydrogen-bond acceptors (Lipinski definition) is 2. The highest BCUT2D eigenvalue weighted by atomic mass is 32.2. The van der Waals surface area contributed by atoms with Crippen LogP contribution in [0.4, 0.5) is 0 Å². The van der Waals surface area contributed by atoms with Gasteiger partial charge in [-0.15, -0.1) is 0 Å². The Morgan fingerprint density at radius 3 is 2.24 bits per heavy atom. The predicted molar refractivity (Wildman–Crippen MR) is 102 cm³/mol. The summed E-state index contributed by atoms with van der Waals surface area (Å²) in [4.78, 5) is 12.0.